The third kappa shape index (κ3) is 16.3. The summed E-state index contributed by atoms with van der Waals surface area (Å²) in [4.78, 5) is 28.4. The van der Waals surface area contributed by atoms with Crippen LogP contribution in [-0.2, 0) is 51.0 Å². The Hall–Kier alpha value is -2.66. The number of allylic oxidation sites excluding steroid dienone is 1. The van der Waals surface area contributed by atoms with Crippen molar-refractivity contribution in [2.45, 2.75) is 53.6 Å². The molecular weight excluding hydrogens is 636 g/mol. The fourth-order valence-electron chi connectivity index (χ4n) is 5.37. The number of hydrogen-bond acceptors (Lipinski definition) is 11. The summed E-state index contributed by atoms with van der Waals surface area (Å²) in [5, 5.41) is 11.2. The molecule has 280 valence electrons. The summed E-state index contributed by atoms with van der Waals surface area (Å²) in [6.07, 6.45) is 3.60. The molecule has 1 N–H and O–H groups in total. The molecule has 2 aliphatic rings. The SMILES string of the molecule is C=C1CC(C(C)(C)C)C(=O)N1Cc1cn(CCOCCOCCOCCOCCOCCOCCOCCNC(=O)N2CC[C@H](C)C2)nn1. The van der Waals surface area contributed by atoms with Gasteiger partial charge in [0.05, 0.1) is 112 Å². The van der Waals surface area contributed by atoms with Crippen LogP contribution >= 0.6 is 0 Å². The van der Waals surface area contributed by atoms with Crippen LogP contribution in [0.2, 0.25) is 0 Å². The van der Waals surface area contributed by atoms with E-state index in [1.54, 1.807) is 9.58 Å². The van der Waals surface area contributed by atoms with E-state index in [4.69, 9.17) is 33.2 Å². The molecule has 49 heavy (non-hydrogen) atoms. The zero-order valence-corrected chi connectivity index (χ0v) is 30.2. The lowest BCUT2D eigenvalue weighted by atomic mass is 9.79. The third-order valence-electron chi connectivity index (χ3n) is 8.27. The molecular formula is C34H60N6O9. The average molecular weight is 697 g/mol. The van der Waals surface area contributed by atoms with Crippen LogP contribution in [0.3, 0.4) is 0 Å². The van der Waals surface area contributed by atoms with Crippen LogP contribution < -0.4 is 5.32 Å². The van der Waals surface area contributed by atoms with Gasteiger partial charge in [0.15, 0.2) is 0 Å². The van der Waals surface area contributed by atoms with Gasteiger partial charge in [-0.1, -0.05) is 39.5 Å². The van der Waals surface area contributed by atoms with Gasteiger partial charge in [-0.2, -0.15) is 0 Å². The number of likely N-dealkylation sites (tertiary alicyclic amines) is 2. The summed E-state index contributed by atoms with van der Waals surface area (Å²) in [6.45, 7) is 22.4. The molecule has 15 heteroatoms. The van der Waals surface area contributed by atoms with Gasteiger partial charge in [-0.3, -0.25) is 4.79 Å². The number of nitrogens with zero attached hydrogens (tertiary/aromatic N) is 5. The number of aromatic nitrogens is 3. The number of hydrogen-bond donors (Lipinski definition) is 1. The van der Waals surface area contributed by atoms with Crippen molar-refractivity contribution in [3.05, 3.63) is 24.2 Å². The van der Waals surface area contributed by atoms with Gasteiger partial charge in [-0.25, -0.2) is 9.48 Å². The molecule has 2 aliphatic heterocycles. The van der Waals surface area contributed by atoms with Gasteiger partial charge in [0, 0.05) is 31.2 Å². The van der Waals surface area contributed by atoms with E-state index in [0.29, 0.717) is 124 Å². The lowest BCUT2D eigenvalue weighted by Crippen LogP contribution is -2.39. The van der Waals surface area contributed by atoms with Gasteiger partial charge >= 0.3 is 6.03 Å². The number of nitrogens with one attached hydrogen (secondary N) is 1. The second-order valence-corrected chi connectivity index (χ2v) is 13.4. The van der Waals surface area contributed by atoms with Crippen molar-refractivity contribution < 1.29 is 42.7 Å². The van der Waals surface area contributed by atoms with Crippen molar-refractivity contribution in [3.8, 4) is 0 Å². The van der Waals surface area contributed by atoms with Gasteiger partial charge < -0.3 is 48.3 Å². The number of rotatable bonds is 26. The highest BCUT2D eigenvalue weighted by Gasteiger charge is 2.41. The minimum atomic E-state index is -0.0990. The summed E-state index contributed by atoms with van der Waals surface area (Å²) in [7, 11) is 0. The Labute approximate surface area is 291 Å². The molecule has 2 atom stereocenters. The smallest absolute Gasteiger partial charge is 0.317 e. The number of carbonyl (C=O) groups excluding carboxylic acids is 2. The number of amides is 3. The number of carbonyl (C=O) groups is 2. The molecule has 3 heterocycles. The van der Waals surface area contributed by atoms with Crippen molar-refractivity contribution in [1.29, 1.82) is 0 Å². The fraction of sp³-hybridized carbons (Fsp3) is 0.824. The maximum atomic E-state index is 12.8. The van der Waals surface area contributed by atoms with Crippen LogP contribution in [-0.4, -0.2) is 149 Å². The minimum absolute atomic E-state index is 0.00893. The summed E-state index contributed by atoms with van der Waals surface area (Å²) in [5.74, 6) is 0.634. The van der Waals surface area contributed by atoms with E-state index in [0.717, 1.165) is 30.9 Å². The van der Waals surface area contributed by atoms with E-state index in [-0.39, 0.29) is 23.3 Å². The van der Waals surface area contributed by atoms with Crippen molar-refractivity contribution in [2.75, 3.05) is 112 Å². The molecule has 1 aromatic rings. The zero-order chi connectivity index (χ0) is 35.3. The van der Waals surface area contributed by atoms with E-state index < -0.39 is 0 Å². The van der Waals surface area contributed by atoms with Gasteiger partial charge in [0.1, 0.15) is 5.69 Å². The van der Waals surface area contributed by atoms with Gasteiger partial charge in [0.25, 0.3) is 0 Å². The van der Waals surface area contributed by atoms with Crippen LogP contribution in [0.1, 0.15) is 46.2 Å². The molecule has 0 radical (unpaired) electrons. The highest BCUT2D eigenvalue weighted by Crippen LogP contribution is 2.39. The normalized spacial score (nSPS) is 18.3. The summed E-state index contributed by atoms with van der Waals surface area (Å²) in [5.41, 5.74) is 1.47. The molecule has 1 aromatic heterocycles. The van der Waals surface area contributed by atoms with E-state index in [1.165, 1.54) is 0 Å². The summed E-state index contributed by atoms with van der Waals surface area (Å²) >= 11 is 0. The molecule has 15 nitrogen and oxygen atoms in total. The monoisotopic (exact) mass is 696 g/mol. The van der Waals surface area contributed by atoms with E-state index in [1.807, 2.05) is 11.1 Å². The Morgan fingerprint density at radius 3 is 1.84 bits per heavy atom. The van der Waals surface area contributed by atoms with E-state index in [9.17, 15) is 9.59 Å². The molecule has 0 aromatic carbocycles. The quantitative estimate of drug-likeness (QED) is 0.142. The van der Waals surface area contributed by atoms with Crippen LogP contribution in [0.5, 0.6) is 0 Å². The molecule has 0 saturated carbocycles. The molecule has 1 unspecified atom stereocenters. The van der Waals surface area contributed by atoms with Gasteiger partial charge in [0.2, 0.25) is 5.91 Å². The number of urea groups is 1. The lowest BCUT2D eigenvalue weighted by Gasteiger charge is -2.25. The molecule has 3 rings (SSSR count). The number of ether oxygens (including phenoxy) is 7. The highest BCUT2D eigenvalue weighted by molar-refractivity contribution is 5.84. The zero-order valence-electron chi connectivity index (χ0n) is 30.2. The second-order valence-electron chi connectivity index (χ2n) is 13.4. The topological polar surface area (TPSA) is 148 Å². The predicted molar refractivity (Wildman–Crippen MR) is 182 cm³/mol. The minimum Gasteiger partial charge on any atom is -0.377 e. The van der Waals surface area contributed by atoms with Crippen LogP contribution in [0, 0.1) is 17.3 Å². The van der Waals surface area contributed by atoms with Crippen molar-refractivity contribution in [1.82, 2.24) is 30.1 Å². The van der Waals surface area contributed by atoms with Crippen molar-refractivity contribution >= 4 is 11.9 Å². The molecule has 0 aliphatic carbocycles. The Morgan fingerprint density at radius 1 is 0.857 bits per heavy atom. The van der Waals surface area contributed by atoms with Gasteiger partial charge in [-0.05, 0) is 24.2 Å². The molecule has 3 amide bonds. The predicted octanol–water partition coefficient (Wildman–Crippen LogP) is 2.35. The molecule has 0 spiro atoms. The molecule has 2 saturated heterocycles. The highest BCUT2D eigenvalue weighted by atomic mass is 16.6. The first-order chi connectivity index (χ1) is 23.6. The fourth-order valence-corrected chi connectivity index (χ4v) is 5.37. The van der Waals surface area contributed by atoms with Crippen molar-refractivity contribution in [3.63, 3.8) is 0 Å². The van der Waals surface area contributed by atoms with Crippen LogP contribution in [0.4, 0.5) is 4.79 Å². The molecule has 0 bridgehead atoms. The molecule has 2 fully saturated rings. The first-order valence-electron chi connectivity index (χ1n) is 17.6. The standard InChI is InChI=1S/C34H60N6O9/c1-28-6-8-38(25-28)33(42)35-7-10-43-12-14-45-16-18-47-20-22-49-23-21-48-19-17-46-15-13-44-11-9-39-26-30(36-37-39)27-40-29(2)24-31(32(40)41)34(3,4)5/h26,28,31H,2,6-25,27H2,1,3-5H3,(H,35,42)/t28-,31?/m0/s1. The third-order valence-corrected chi connectivity index (χ3v) is 8.27. The maximum Gasteiger partial charge on any atom is 0.317 e. The second kappa shape index (κ2) is 22.9. The Morgan fingerprint density at radius 2 is 1.37 bits per heavy atom. The Kier molecular flexibility index (Phi) is 19.1. The average Bonchev–Trinajstić information content (AvgIpc) is 3.78. The lowest BCUT2D eigenvalue weighted by molar-refractivity contribution is -0.133. The van der Waals surface area contributed by atoms with Gasteiger partial charge in [-0.15, -0.1) is 5.10 Å². The van der Waals surface area contributed by atoms with Crippen molar-refractivity contribution in [2.24, 2.45) is 17.3 Å². The van der Waals surface area contributed by atoms with E-state index >= 15 is 0 Å². The largest absolute Gasteiger partial charge is 0.377 e. The van der Waals surface area contributed by atoms with E-state index in [2.05, 4.69) is 49.9 Å². The Bertz CT molecular complexity index is 1100. The van der Waals surface area contributed by atoms with Crippen LogP contribution in [0.15, 0.2) is 18.5 Å². The Balaban J connectivity index is 1.00. The summed E-state index contributed by atoms with van der Waals surface area (Å²) < 4.78 is 40.4. The van der Waals surface area contributed by atoms with Crippen LogP contribution in [0.25, 0.3) is 0 Å². The summed E-state index contributed by atoms with van der Waals surface area (Å²) in [6, 6.07) is -0.00893. The first kappa shape index (κ1) is 40.8. The first-order valence-corrected chi connectivity index (χ1v) is 17.6. The maximum absolute atomic E-state index is 12.8.